The third-order valence-electron chi connectivity index (χ3n) is 4.85. The summed E-state index contributed by atoms with van der Waals surface area (Å²) in [4.78, 5) is 24.9. The highest BCUT2D eigenvalue weighted by molar-refractivity contribution is 7.92. The molecule has 2 N–H and O–H groups in total. The molecule has 0 fully saturated rings. The molecule has 33 heavy (non-hydrogen) atoms. The van der Waals surface area contributed by atoms with E-state index in [4.69, 9.17) is 16.3 Å². The highest BCUT2D eigenvalue weighted by atomic mass is 35.5. The van der Waals surface area contributed by atoms with Gasteiger partial charge in [0.1, 0.15) is 0 Å². The average Bonchev–Trinajstić information content (AvgIpc) is 2.76. The Hall–Kier alpha value is -3.36. The predicted octanol–water partition coefficient (Wildman–Crippen LogP) is 5.19. The van der Waals surface area contributed by atoms with Crippen LogP contribution < -0.4 is 10.0 Å². The summed E-state index contributed by atoms with van der Waals surface area (Å²) in [5, 5.41) is 2.85. The molecule has 0 aliphatic rings. The third-order valence-corrected chi connectivity index (χ3v) is 6.69. The Kier molecular flexibility index (Phi) is 7.40. The summed E-state index contributed by atoms with van der Waals surface area (Å²) in [6.07, 6.45) is 0. The van der Waals surface area contributed by atoms with Crippen LogP contribution >= 0.6 is 11.6 Å². The van der Waals surface area contributed by atoms with E-state index >= 15 is 0 Å². The lowest BCUT2D eigenvalue weighted by Crippen LogP contribution is -2.17. The first-order valence-corrected chi connectivity index (χ1v) is 12.0. The van der Waals surface area contributed by atoms with Crippen LogP contribution in [0, 0.1) is 13.8 Å². The molecule has 0 atom stereocenters. The molecule has 0 saturated heterocycles. The Morgan fingerprint density at radius 1 is 0.970 bits per heavy atom. The number of rotatable bonds is 7. The molecule has 0 aliphatic heterocycles. The van der Waals surface area contributed by atoms with Gasteiger partial charge < -0.3 is 10.1 Å². The number of nitrogens with one attached hydrogen (secondary N) is 2. The molecule has 3 aromatic carbocycles. The topological polar surface area (TPSA) is 102 Å². The number of hydrogen-bond donors (Lipinski definition) is 2. The standard InChI is InChI=1S/C24H23ClN2O5S/c1-4-32-24(29)19-14-18(11-12-20(19)25)26-23(28)17-10-9-16(3)22(13-17)33(30,31)27-21-8-6-5-7-15(21)2/h5-14,27H,4H2,1-3H3,(H,26,28). The van der Waals surface area contributed by atoms with Crippen molar-refractivity contribution in [3.05, 3.63) is 87.9 Å². The van der Waals surface area contributed by atoms with Crippen LogP contribution in [-0.4, -0.2) is 26.9 Å². The van der Waals surface area contributed by atoms with Crippen LogP contribution in [0.4, 0.5) is 11.4 Å². The molecule has 3 aromatic rings. The van der Waals surface area contributed by atoms with Gasteiger partial charge in [0.25, 0.3) is 15.9 Å². The summed E-state index contributed by atoms with van der Waals surface area (Å²) < 4.78 is 33.6. The largest absolute Gasteiger partial charge is 0.462 e. The fraction of sp³-hybridized carbons (Fsp3) is 0.167. The predicted molar refractivity (Wildman–Crippen MR) is 129 cm³/mol. The Balaban J connectivity index is 1.87. The summed E-state index contributed by atoms with van der Waals surface area (Å²) in [7, 11) is -3.93. The van der Waals surface area contributed by atoms with Gasteiger partial charge in [0.05, 0.1) is 27.8 Å². The normalized spacial score (nSPS) is 11.0. The maximum Gasteiger partial charge on any atom is 0.339 e. The highest BCUT2D eigenvalue weighted by Crippen LogP contribution is 2.25. The minimum Gasteiger partial charge on any atom is -0.462 e. The maximum absolute atomic E-state index is 13.0. The van der Waals surface area contributed by atoms with Gasteiger partial charge in [-0.25, -0.2) is 13.2 Å². The highest BCUT2D eigenvalue weighted by Gasteiger charge is 2.20. The van der Waals surface area contributed by atoms with Crippen LogP contribution in [0.2, 0.25) is 5.02 Å². The van der Waals surface area contributed by atoms with Gasteiger partial charge in [0.15, 0.2) is 0 Å². The monoisotopic (exact) mass is 486 g/mol. The second kappa shape index (κ2) is 10.1. The first kappa shape index (κ1) is 24.3. The van der Waals surface area contributed by atoms with E-state index in [2.05, 4.69) is 10.0 Å². The van der Waals surface area contributed by atoms with Gasteiger partial charge in [0.2, 0.25) is 0 Å². The van der Waals surface area contributed by atoms with E-state index in [0.717, 1.165) is 5.56 Å². The van der Waals surface area contributed by atoms with Crippen molar-refractivity contribution in [3.8, 4) is 0 Å². The lowest BCUT2D eigenvalue weighted by molar-refractivity contribution is 0.0526. The summed E-state index contributed by atoms with van der Waals surface area (Å²) in [6, 6.07) is 15.8. The van der Waals surface area contributed by atoms with Crippen molar-refractivity contribution in [2.75, 3.05) is 16.6 Å². The number of carbonyl (C=O) groups excluding carboxylic acids is 2. The van der Waals surface area contributed by atoms with Crippen molar-refractivity contribution in [1.82, 2.24) is 0 Å². The molecule has 3 rings (SSSR count). The zero-order valence-electron chi connectivity index (χ0n) is 18.3. The Morgan fingerprint density at radius 2 is 1.70 bits per heavy atom. The molecule has 0 aromatic heterocycles. The van der Waals surface area contributed by atoms with Crippen molar-refractivity contribution < 1.29 is 22.7 Å². The molecule has 0 aliphatic carbocycles. The quantitative estimate of drug-likeness (QED) is 0.448. The van der Waals surface area contributed by atoms with Crippen LogP contribution in [-0.2, 0) is 14.8 Å². The molecule has 7 nitrogen and oxygen atoms in total. The summed E-state index contributed by atoms with van der Waals surface area (Å²) in [5.41, 5.74) is 2.29. The summed E-state index contributed by atoms with van der Waals surface area (Å²) in [5.74, 6) is -1.15. The fourth-order valence-corrected chi connectivity index (χ4v) is 4.69. The maximum atomic E-state index is 13.0. The number of ether oxygens (including phenoxy) is 1. The first-order chi connectivity index (χ1) is 15.6. The van der Waals surface area contributed by atoms with E-state index in [-0.39, 0.29) is 27.7 Å². The molecule has 0 saturated carbocycles. The van der Waals surface area contributed by atoms with Gasteiger partial charge >= 0.3 is 5.97 Å². The number of hydrogen-bond acceptors (Lipinski definition) is 5. The Bertz CT molecular complexity index is 1320. The summed E-state index contributed by atoms with van der Waals surface area (Å²) in [6.45, 7) is 5.31. The number of carbonyl (C=O) groups is 2. The average molecular weight is 487 g/mol. The van der Waals surface area contributed by atoms with E-state index < -0.39 is 21.9 Å². The van der Waals surface area contributed by atoms with Gasteiger partial charge in [-0.05, 0) is 68.3 Å². The van der Waals surface area contributed by atoms with Crippen molar-refractivity contribution >= 4 is 44.9 Å². The van der Waals surface area contributed by atoms with E-state index in [1.165, 1.54) is 30.3 Å². The molecular formula is C24H23ClN2O5S. The first-order valence-electron chi connectivity index (χ1n) is 10.1. The van der Waals surface area contributed by atoms with Crippen LogP contribution in [0.5, 0.6) is 0 Å². The van der Waals surface area contributed by atoms with Crippen molar-refractivity contribution in [2.24, 2.45) is 0 Å². The molecule has 0 unspecified atom stereocenters. The lowest BCUT2D eigenvalue weighted by Gasteiger charge is -2.14. The Labute approximate surface area is 197 Å². The van der Waals surface area contributed by atoms with Crippen LogP contribution in [0.25, 0.3) is 0 Å². The molecule has 0 bridgehead atoms. The fourth-order valence-electron chi connectivity index (χ4n) is 3.09. The minimum atomic E-state index is -3.93. The number of esters is 1. The van der Waals surface area contributed by atoms with Crippen molar-refractivity contribution in [3.63, 3.8) is 0 Å². The van der Waals surface area contributed by atoms with Crippen LogP contribution in [0.3, 0.4) is 0 Å². The van der Waals surface area contributed by atoms with Crippen molar-refractivity contribution in [2.45, 2.75) is 25.7 Å². The van der Waals surface area contributed by atoms with Crippen LogP contribution in [0.15, 0.2) is 65.6 Å². The third kappa shape index (κ3) is 5.71. The smallest absolute Gasteiger partial charge is 0.339 e. The van der Waals surface area contributed by atoms with E-state index in [1.807, 2.05) is 6.07 Å². The number of benzene rings is 3. The second-order valence-electron chi connectivity index (χ2n) is 7.27. The Morgan fingerprint density at radius 3 is 2.39 bits per heavy atom. The molecule has 9 heteroatoms. The van der Waals surface area contributed by atoms with E-state index in [1.54, 1.807) is 45.0 Å². The van der Waals surface area contributed by atoms with Gasteiger partial charge in [-0.3, -0.25) is 9.52 Å². The van der Waals surface area contributed by atoms with Gasteiger partial charge in [-0.15, -0.1) is 0 Å². The lowest BCUT2D eigenvalue weighted by atomic mass is 10.1. The number of amides is 1. The number of anilines is 2. The van der Waals surface area contributed by atoms with E-state index in [0.29, 0.717) is 16.9 Å². The van der Waals surface area contributed by atoms with Gasteiger partial charge in [-0.2, -0.15) is 0 Å². The minimum absolute atomic E-state index is 0.0123. The zero-order chi connectivity index (χ0) is 24.2. The molecule has 1 amide bonds. The number of sulfonamides is 1. The number of para-hydroxylation sites is 1. The molecule has 172 valence electrons. The van der Waals surface area contributed by atoms with E-state index in [9.17, 15) is 18.0 Å². The second-order valence-corrected chi connectivity index (χ2v) is 9.33. The van der Waals surface area contributed by atoms with Gasteiger partial charge in [0, 0.05) is 11.3 Å². The number of halogens is 1. The van der Waals surface area contributed by atoms with Crippen LogP contribution in [0.1, 0.15) is 38.8 Å². The molecular weight excluding hydrogens is 464 g/mol. The zero-order valence-corrected chi connectivity index (χ0v) is 19.9. The number of aryl methyl sites for hydroxylation is 2. The van der Waals surface area contributed by atoms with Crippen molar-refractivity contribution in [1.29, 1.82) is 0 Å². The van der Waals surface area contributed by atoms with Gasteiger partial charge in [-0.1, -0.05) is 35.9 Å². The summed E-state index contributed by atoms with van der Waals surface area (Å²) >= 11 is 6.06. The molecule has 0 heterocycles. The molecule has 0 radical (unpaired) electrons. The molecule has 0 spiro atoms. The SMILES string of the molecule is CCOC(=O)c1cc(NC(=O)c2ccc(C)c(S(=O)(=O)Nc3ccccc3C)c2)ccc1Cl.